The lowest BCUT2D eigenvalue weighted by atomic mass is 9.92. The predicted octanol–water partition coefficient (Wildman–Crippen LogP) is 2.83. The molecule has 0 saturated carbocycles. The van der Waals surface area contributed by atoms with Crippen LogP contribution in [0.5, 0.6) is 0 Å². The van der Waals surface area contributed by atoms with Crippen molar-refractivity contribution in [1.29, 1.82) is 0 Å². The van der Waals surface area contributed by atoms with E-state index in [4.69, 9.17) is 5.73 Å². The summed E-state index contributed by atoms with van der Waals surface area (Å²) in [5.41, 5.74) is 8.51. The SMILES string of the molecule is Cc1ccccc1[C@H](C)CC(=O)N1CC[C@H](N)C[C@@H]1C. The molecule has 2 N–H and O–H groups in total. The second-order valence-corrected chi connectivity index (χ2v) is 6.18. The molecule has 1 heterocycles. The second kappa shape index (κ2) is 6.40. The summed E-state index contributed by atoms with van der Waals surface area (Å²) in [6.45, 7) is 7.16. The van der Waals surface area contributed by atoms with E-state index in [1.54, 1.807) is 0 Å². The lowest BCUT2D eigenvalue weighted by molar-refractivity contribution is -0.134. The van der Waals surface area contributed by atoms with Gasteiger partial charge in [0.05, 0.1) is 0 Å². The molecule has 3 heteroatoms. The van der Waals surface area contributed by atoms with Crippen molar-refractivity contribution in [3.63, 3.8) is 0 Å². The first-order valence-corrected chi connectivity index (χ1v) is 7.59. The Hall–Kier alpha value is -1.35. The summed E-state index contributed by atoms with van der Waals surface area (Å²) in [5, 5.41) is 0. The number of nitrogens with two attached hydrogens (primary N) is 1. The molecule has 1 aromatic rings. The zero-order valence-corrected chi connectivity index (χ0v) is 12.8. The molecule has 1 saturated heterocycles. The zero-order valence-electron chi connectivity index (χ0n) is 12.8. The number of hydrogen-bond acceptors (Lipinski definition) is 2. The van der Waals surface area contributed by atoms with Gasteiger partial charge < -0.3 is 10.6 Å². The summed E-state index contributed by atoms with van der Waals surface area (Å²) in [6.07, 6.45) is 2.43. The van der Waals surface area contributed by atoms with E-state index in [1.165, 1.54) is 11.1 Å². The molecule has 0 aromatic heterocycles. The Bertz CT molecular complexity index is 472. The normalized spacial score (nSPS) is 24.5. The van der Waals surface area contributed by atoms with E-state index < -0.39 is 0 Å². The third-order valence-electron chi connectivity index (χ3n) is 4.44. The molecule has 1 fully saturated rings. The fourth-order valence-electron chi connectivity index (χ4n) is 3.21. The van der Waals surface area contributed by atoms with Crippen LogP contribution in [-0.4, -0.2) is 29.4 Å². The summed E-state index contributed by atoms with van der Waals surface area (Å²) in [4.78, 5) is 14.5. The van der Waals surface area contributed by atoms with Gasteiger partial charge in [-0.1, -0.05) is 31.2 Å². The van der Waals surface area contributed by atoms with Crippen LogP contribution in [0.25, 0.3) is 0 Å². The number of aryl methyl sites for hydroxylation is 1. The van der Waals surface area contributed by atoms with Crippen molar-refractivity contribution in [3.05, 3.63) is 35.4 Å². The molecule has 1 aliphatic rings. The van der Waals surface area contributed by atoms with Crippen LogP contribution < -0.4 is 5.73 Å². The third kappa shape index (κ3) is 3.40. The van der Waals surface area contributed by atoms with Crippen LogP contribution in [0.3, 0.4) is 0 Å². The largest absolute Gasteiger partial charge is 0.340 e. The molecule has 0 bridgehead atoms. The van der Waals surface area contributed by atoms with Crippen molar-refractivity contribution in [2.45, 2.75) is 58.0 Å². The molecular weight excluding hydrogens is 248 g/mol. The van der Waals surface area contributed by atoms with E-state index in [2.05, 4.69) is 32.9 Å². The first kappa shape index (κ1) is 15.0. The molecule has 3 atom stereocenters. The lowest BCUT2D eigenvalue weighted by Crippen LogP contribution is -2.48. The number of amides is 1. The first-order valence-electron chi connectivity index (χ1n) is 7.59. The smallest absolute Gasteiger partial charge is 0.223 e. The summed E-state index contributed by atoms with van der Waals surface area (Å²) in [5.74, 6) is 0.534. The van der Waals surface area contributed by atoms with Gasteiger partial charge in [-0.3, -0.25) is 4.79 Å². The Kier molecular flexibility index (Phi) is 4.81. The Morgan fingerprint density at radius 1 is 1.45 bits per heavy atom. The van der Waals surface area contributed by atoms with Crippen LogP contribution in [0, 0.1) is 6.92 Å². The molecule has 3 nitrogen and oxygen atoms in total. The minimum atomic E-state index is 0.253. The monoisotopic (exact) mass is 274 g/mol. The minimum Gasteiger partial charge on any atom is -0.340 e. The number of likely N-dealkylation sites (tertiary alicyclic amines) is 1. The maximum atomic E-state index is 12.5. The van der Waals surface area contributed by atoms with Gasteiger partial charge in [-0.05, 0) is 43.7 Å². The minimum absolute atomic E-state index is 0.253. The fraction of sp³-hybridized carbons (Fsp3) is 0.588. The van der Waals surface area contributed by atoms with E-state index in [-0.39, 0.29) is 23.9 Å². The molecule has 0 unspecified atom stereocenters. The Labute approximate surface area is 122 Å². The van der Waals surface area contributed by atoms with Gasteiger partial charge in [0.15, 0.2) is 0 Å². The van der Waals surface area contributed by atoms with Gasteiger partial charge in [-0.15, -0.1) is 0 Å². The predicted molar refractivity (Wildman–Crippen MR) is 82.6 cm³/mol. The van der Waals surface area contributed by atoms with Gasteiger partial charge in [-0.25, -0.2) is 0 Å². The standard InChI is InChI=1S/C17H26N2O/c1-12-6-4-5-7-16(12)13(2)10-17(20)19-9-8-15(18)11-14(19)3/h4-7,13-15H,8-11,18H2,1-3H3/t13-,14+,15+/m1/s1. The molecule has 2 rings (SSSR count). The third-order valence-corrected chi connectivity index (χ3v) is 4.44. The maximum Gasteiger partial charge on any atom is 0.223 e. The van der Waals surface area contributed by atoms with E-state index in [0.717, 1.165) is 19.4 Å². The Morgan fingerprint density at radius 2 is 2.15 bits per heavy atom. The van der Waals surface area contributed by atoms with Crippen LogP contribution in [0.1, 0.15) is 50.2 Å². The van der Waals surface area contributed by atoms with Crippen molar-refractivity contribution in [2.24, 2.45) is 5.73 Å². The highest BCUT2D eigenvalue weighted by Gasteiger charge is 2.27. The van der Waals surface area contributed by atoms with Gasteiger partial charge >= 0.3 is 0 Å². The Morgan fingerprint density at radius 3 is 2.80 bits per heavy atom. The number of nitrogens with zero attached hydrogens (tertiary/aromatic N) is 1. The van der Waals surface area contributed by atoms with Gasteiger partial charge in [0.25, 0.3) is 0 Å². The number of hydrogen-bond donors (Lipinski definition) is 1. The second-order valence-electron chi connectivity index (χ2n) is 6.18. The highest BCUT2D eigenvalue weighted by Crippen LogP contribution is 2.25. The van der Waals surface area contributed by atoms with Crippen LogP contribution in [0.15, 0.2) is 24.3 Å². The number of carbonyl (C=O) groups excluding carboxylic acids is 1. The quantitative estimate of drug-likeness (QED) is 0.921. The summed E-state index contributed by atoms with van der Waals surface area (Å²) in [6, 6.07) is 8.85. The molecule has 110 valence electrons. The van der Waals surface area contributed by atoms with Crippen LogP contribution in [0.4, 0.5) is 0 Å². The number of carbonyl (C=O) groups is 1. The summed E-state index contributed by atoms with van der Waals surface area (Å²) in [7, 11) is 0. The van der Waals surface area contributed by atoms with E-state index in [9.17, 15) is 4.79 Å². The average molecular weight is 274 g/mol. The van der Waals surface area contributed by atoms with E-state index in [1.807, 2.05) is 17.0 Å². The van der Waals surface area contributed by atoms with Crippen LogP contribution >= 0.6 is 0 Å². The molecule has 1 aromatic carbocycles. The van der Waals surface area contributed by atoms with Gasteiger partial charge in [-0.2, -0.15) is 0 Å². The molecule has 0 aliphatic carbocycles. The van der Waals surface area contributed by atoms with Gasteiger partial charge in [0.2, 0.25) is 5.91 Å². The molecule has 20 heavy (non-hydrogen) atoms. The topological polar surface area (TPSA) is 46.3 Å². The zero-order chi connectivity index (χ0) is 14.7. The molecular formula is C17H26N2O. The summed E-state index contributed by atoms with van der Waals surface area (Å²) >= 11 is 0. The molecule has 1 aliphatic heterocycles. The van der Waals surface area contributed by atoms with Crippen molar-refractivity contribution in [3.8, 4) is 0 Å². The maximum absolute atomic E-state index is 12.5. The van der Waals surface area contributed by atoms with Crippen LogP contribution in [0.2, 0.25) is 0 Å². The van der Waals surface area contributed by atoms with Crippen molar-refractivity contribution in [2.75, 3.05) is 6.54 Å². The molecule has 0 spiro atoms. The first-order chi connectivity index (χ1) is 9.49. The van der Waals surface area contributed by atoms with Gasteiger partial charge in [0.1, 0.15) is 0 Å². The highest BCUT2D eigenvalue weighted by atomic mass is 16.2. The van der Waals surface area contributed by atoms with Crippen molar-refractivity contribution in [1.82, 2.24) is 4.90 Å². The molecule has 0 radical (unpaired) electrons. The summed E-state index contributed by atoms with van der Waals surface area (Å²) < 4.78 is 0. The average Bonchev–Trinajstić information content (AvgIpc) is 2.38. The number of piperidine rings is 1. The highest BCUT2D eigenvalue weighted by molar-refractivity contribution is 5.77. The Balaban J connectivity index is 1.99. The fourth-order valence-corrected chi connectivity index (χ4v) is 3.21. The molecule has 1 amide bonds. The number of benzene rings is 1. The van der Waals surface area contributed by atoms with E-state index >= 15 is 0 Å². The lowest BCUT2D eigenvalue weighted by Gasteiger charge is -2.37. The van der Waals surface area contributed by atoms with E-state index in [0.29, 0.717) is 6.42 Å². The van der Waals surface area contributed by atoms with Gasteiger partial charge in [0, 0.05) is 25.0 Å². The van der Waals surface area contributed by atoms with Crippen molar-refractivity contribution >= 4 is 5.91 Å². The van der Waals surface area contributed by atoms with Crippen molar-refractivity contribution < 1.29 is 4.79 Å². The number of rotatable bonds is 3. The van der Waals surface area contributed by atoms with Crippen LogP contribution in [-0.2, 0) is 4.79 Å².